The smallest absolute Gasteiger partial charge is 0.265 e. The van der Waals surface area contributed by atoms with Gasteiger partial charge in [-0.3, -0.25) is 14.6 Å². The second kappa shape index (κ2) is 5.32. The van der Waals surface area contributed by atoms with Crippen LogP contribution in [0.1, 0.15) is 16.8 Å². The second-order valence-corrected chi connectivity index (χ2v) is 4.61. The normalized spacial score (nSPS) is 16.8. The summed E-state index contributed by atoms with van der Waals surface area (Å²) < 4.78 is 18.6. The fourth-order valence-electron chi connectivity index (χ4n) is 2.10. The van der Waals surface area contributed by atoms with Crippen LogP contribution in [0.4, 0.5) is 10.1 Å². The highest BCUT2D eigenvalue weighted by Crippen LogP contribution is 2.28. The summed E-state index contributed by atoms with van der Waals surface area (Å²) >= 11 is 0. The number of carbonyl (C=O) groups is 2. The lowest BCUT2D eigenvalue weighted by Crippen LogP contribution is -2.38. The van der Waals surface area contributed by atoms with Crippen LogP contribution in [0, 0.1) is 5.82 Å². The van der Waals surface area contributed by atoms with Gasteiger partial charge in [0.1, 0.15) is 11.6 Å². The van der Waals surface area contributed by atoms with Gasteiger partial charge in [-0.15, -0.1) is 0 Å². The average Bonchev–Trinajstić information content (AvgIpc) is 2.49. The number of aromatic nitrogens is 1. The largest absolute Gasteiger partial charge is 0.479 e. The Morgan fingerprint density at radius 3 is 3.00 bits per heavy atom. The van der Waals surface area contributed by atoms with Crippen molar-refractivity contribution in [3.8, 4) is 5.75 Å². The number of ketones is 1. The van der Waals surface area contributed by atoms with Crippen molar-refractivity contribution in [2.75, 3.05) is 5.32 Å². The van der Waals surface area contributed by atoms with Gasteiger partial charge in [0.05, 0.1) is 23.9 Å². The maximum absolute atomic E-state index is 13.1. The molecule has 2 aromatic rings. The van der Waals surface area contributed by atoms with E-state index in [4.69, 9.17) is 4.74 Å². The third kappa shape index (κ3) is 2.74. The number of anilines is 1. The summed E-state index contributed by atoms with van der Waals surface area (Å²) in [5.41, 5.74) is 0.684. The molecule has 1 aliphatic rings. The highest BCUT2D eigenvalue weighted by atomic mass is 19.1. The summed E-state index contributed by atoms with van der Waals surface area (Å²) in [4.78, 5) is 27.9. The quantitative estimate of drug-likeness (QED) is 0.919. The fraction of sp³-hybridized carbons (Fsp3) is 0.133. The van der Waals surface area contributed by atoms with Gasteiger partial charge in [0, 0.05) is 6.20 Å². The molecule has 5 nitrogen and oxygen atoms in total. The van der Waals surface area contributed by atoms with Gasteiger partial charge in [-0.25, -0.2) is 4.39 Å². The molecule has 0 bridgehead atoms. The van der Waals surface area contributed by atoms with Crippen LogP contribution in [0.3, 0.4) is 0 Å². The Kier molecular flexibility index (Phi) is 3.35. The molecule has 1 N–H and O–H groups in total. The molecule has 3 rings (SSSR count). The summed E-state index contributed by atoms with van der Waals surface area (Å²) in [5.74, 6) is -1.05. The number of nitrogens with zero attached hydrogens (tertiary/aromatic N) is 1. The Morgan fingerprint density at radius 2 is 2.24 bits per heavy atom. The van der Waals surface area contributed by atoms with Crippen molar-refractivity contribution in [3.05, 3.63) is 54.1 Å². The molecule has 0 radical (unpaired) electrons. The van der Waals surface area contributed by atoms with Gasteiger partial charge < -0.3 is 10.1 Å². The van der Waals surface area contributed by atoms with Crippen LogP contribution in [0.5, 0.6) is 5.75 Å². The molecule has 1 atom stereocenters. The van der Waals surface area contributed by atoms with E-state index in [2.05, 4.69) is 10.3 Å². The number of carbonyl (C=O) groups excluding carboxylic acids is 2. The summed E-state index contributed by atoms with van der Waals surface area (Å²) in [6.07, 6.45) is 2.02. The number of halogens is 1. The number of fused-ring (bicyclic) bond motifs is 1. The molecule has 1 aromatic heterocycles. The van der Waals surface area contributed by atoms with E-state index in [1.807, 2.05) is 0 Å². The van der Waals surface area contributed by atoms with E-state index in [0.717, 1.165) is 6.07 Å². The van der Waals surface area contributed by atoms with Gasteiger partial charge in [0.25, 0.3) is 5.91 Å². The molecule has 0 saturated heterocycles. The van der Waals surface area contributed by atoms with Crippen LogP contribution in [-0.2, 0) is 4.79 Å². The highest BCUT2D eigenvalue weighted by Gasteiger charge is 2.31. The lowest BCUT2D eigenvalue weighted by Gasteiger charge is -2.24. The monoisotopic (exact) mass is 286 g/mol. The number of pyridine rings is 1. The van der Waals surface area contributed by atoms with Crippen LogP contribution >= 0.6 is 0 Å². The molecule has 21 heavy (non-hydrogen) atoms. The molecule has 0 fully saturated rings. The lowest BCUT2D eigenvalue weighted by molar-refractivity contribution is -0.122. The Morgan fingerprint density at radius 1 is 1.38 bits per heavy atom. The summed E-state index contributed by atoms with van der Waals surface area (Å²) in [7, 11) is 0. The number of amides is 1. The number of hydrogen-bond acceptors (Lipinski definition) is 4. The topological polar surface area (TPSA) is 68.3 Å². The van der Waals surface area contributed by atoms with E-state index >= 15 is 0 Å². The Hall–Kier alpha value is -2.76. The van der Waals surface area contributed by atoms with Crippen LogP contribution in [0.15, 0.2) is 42.7 Å². The van der Waals surface area contributed by atoms with Gasteiger partial charge in [-0.05, 0) is 30.3 Å². The van der Waals surface area contributed by atoms with Crippen LogP contribution < -0.4 is 10.1 Å². The predicted octanol–water partition coefficient (Wildman–Crippen LogP) is 2.19. The van der Waals surface area contributed by atoms with E-state index in [0.29, 0.717) is 5.69 Å². The minimum absolute atomic E-state index is 0.122. The molecule has 0 aliphatic carbocycles. The van der Waals surface area contributed by atoms with Gasteiger partial charge in [-0.2, -0.15) is 0 Å². The number of Topliss-reactive ketones (excluding diaryl/α,β-unsaturated/α-hetero) is 1. The third-order valence-corrected chi connectivity index (χ3v) is 3.10. The van der Waals surface area contributed by atoms with E-state index in [-0.39, 0.29) is 23.5 Å². The van der Waals surface area contributed by atoms with Gasteiger partial charge >= 0.3 is 0 Å². The van der Waals surface area contributed by atoms with Crippen molar-refractivity contribution in [1.29, 1.82) is 0 Å². The van der Waals surface area contributed by atoms with E-state index in [1.165, 1.54) is 18.3 Å². The molecular formula is C15H11FN2O3. The maximum Gasteiger partial charge on any atom is 0.265 e. The summed E-state index contributed by atoms with van der Waals surface area (Å²) in [6.45, 7) is 0. The maximum atomic E-state index is 13.1. The Balaban J connectivity index is 1.78. The van der Waals surface area contributed by atoms with E-state index < -0.39 is 17.8 Å². The Labute approximate surface area is 119 Å². The molecule has 1 aliphatic heterocycles. The first-order valence-electron chi connectivity index (χ1n) is 6.34. The zero-order valence-corrected chi connectivity index (χ0v) is 10.9. The first-order chi connectivity index (χ1) is 10.1. The SMILES string of the molecule is O=C1CC(C(=O)Nc2cccnc2)Oc2ccc(F)cc21. The summed E-state index contributed by atoms with van der Waals surface area (Å²) in [6, 6.07) is 7.02. The standard InChI is InChI=1S/C15H11FN2O3/c16-9-3-4-13-11(6-9)12(19)7-14(21-13)15(20)18-10-2-1-5-17-8-10/h1-6,8,14H,7H2,(H,18,20). The van der Waals surface area contributed by atoms with Crippen molar-refractivity contribution in [2.45, 2.75) is 12.5 Å². The van der Waals surface area contributed by atoms with Crippen molar-refractivity contribution in [1.82, 2.24) is 4.98 Å². The zero-order valence-electron chi connectivity index (χ0n) is 10.9. The van der Waals surface area contributed by atoms with Crippen molar-refractivity contribution < 1.29 is 18.7 Å². The first-order valence-corrected chi connectivity index (χ1v) is 6.34. The molecule has 2 heterocycles. The fourth-order valence-corrected chi connectivity index (χ4v) is 2.10. The van der Waals surface area contributed by atoms with Gasteiger partial charge in [0.15, 0.2) is 11.9 Å². The highest BCUT2D eigenvalue weighted by molar-refractivity contribution is 6.05. The van der Waals surface area contributed by atoms with Crippen molar-refractivity contribution in [3.63, 3.8) is 0 Å². The first kappa shape index (κ1) is 13.2. The Bertz CT molecular complexity index is 703. The molecule has 1 aromatic carbocycles. The molecule has 6 heteroatoms. The minimum Gasteiger partial charge on any atom is -0.479 e. The molecule has 1 unspecified atom stereocenters. The average molecular weight is 286 g/mol. The van der Waals surface area contributed by atoms with E-state index in [9.17, 15) is 14.0 Å². The number of ether oxygens (including phenoxy) is 1. The van der Waals surface area contributed by atoms with E-state index in [1.54, 1.807) is 18.3 Å². The zero-order chi connectivity index (χ0) is 14.8. The van der Waals surface area contributed by atoms with Crippen LogP contribution in [-0.4, -0.2) is 22.8 Å². The molecule has 1 amide bonds. The minimum atomic E-state index is -0.935. The van der Waals surface area contributed by atoms with Crippen molar-refractivity contribution >= 4 is 17.4 Å². The predicted molar refractivity (Wildman–Crippen MR) is 72.6 cm³/mol. The van der Waals surface area contributed by atoms with Gasteiger partial charge in [0.2, 0.25) is 0 Å². The lowest BCUT2D eigenvalue weighted by atomic mass is 10.00. The molecule has 0 saturated carbocycles. The number of benzene rings is 1. The number of rotatable bonds is 2. The molecule has 106 valence electrons. The second-order valence-electron chi connectivity index (χ2n) is 4.61. The van der Waals surface area contributed by atoms with Crippen LogP contribution in [0.2, 0.25) is 0 Å². The van der Waals surface area contributed by atoms with Gasteiger partial charge in [-0.1, -0.05) is 0 Å². The molecule has 0 spiro atoms. The number of hydrogen-bond donors (Lipinski definition) is 1. The van der Waals surface area contributed by atoms with Crippen molar-refractivity contribution in [2.24, 2.45) is 0 Å². The third-order valence-electron chi connectivity index (χ3n) is 3.10. The molecular weight excluding hydrogens is 275 g/mol. The summed E-state index contributed by atoms with van der Waals surface area (Å²) in [5, 5.41) is 2.62. The number of nitrogens with one attached hydrogen (secondary N) is 1. The van der Waals surface area contributed by atoms with Crippen LogP contribution in [0.25, 0.3) is 0 Å².